The fourth-order valence-electron chi connectivity index (χ4n) is 1.37. The van der Waals surface area contributed by atoms with Gasteiger partial charge in [-0.3, -0.25) is 9.78 Å². The summed E-state index contributed by atoms with van der Waals surface area (Å²) in [5.74, 6) is -0.135. The smallest absolute Gasteiger partial charge is 0.244 e. The molecule has 1 amide bonds. The topological polar surface area (TPSA) is 54.9 Å². The number of nitrogens with one attached hydrogen (secondary N) is 1. The van der Waals surface area contributed by atoms with Gasteiger partial charge in [-0.15, -0.1) is 11.3 Å². The Morgan fingerprint density at radius 2 is 2.44 bits per heavy atom. The molecule has 18 heavy (non-hydrogen) atoms. The molecule has 0 unspecified atom stereocenters. The van der Waals surface area contributed by atoms with Gasteiger partial charge in [0.25, 0.3) is 0 Å². The fraction of sp³-hybridized carbons (Fsp3) is 0.154. The minimum absolute atomic E-state index is 0.135. The maximum absolute atomic E-state index is 11.6. The lowest BCUT2D eigenvalue weighted by Crippen LogP contribution is -2.20. The Balaban J connectivity index is 1.84. The Morgan fingerprint density at radius 3 is 3.11 bits per heavy atom. The number of rotatable bonds is 4. The number of nitrogens with zero attached hydrogens (tertiary/aromatic N) is 2. The van der Waals surface area contributed by atoms with Gasteiger partial charge in [0.2, 0.25) is 5.91 Å². The minimum atomic E-state index is -0.135. The van der Waals surface area contributed by atoms with E-state index >= 15 is 0 Å². The van der Waals surface area contributed by atoms with Crippen molar-refractivity contribution in [2.45, 2.75) is 13.5 Å². The predicted octanol–water partition coefficient (Wildman–Crippen LogP) is 2.18. The van der Waals surface area contributed by atoms with E-state index in [1.54, 1.807) is 29.8 Å². The zero-order valence-corrected chi connectivity index (χ0v) is 10.8. The van der Waals surface area contributed by atoms with Crippen molar-refractivity contribution >= 4 is 23.3 Å². The summed E-state index contributed by atoms with van der Waals surface area (Å²) in [6.07, 6.45) is 6.64. The first-order chi connectivity index (χ1) is 8.74. The summed E-state index contributed by atoms with van der Waals surface area (Å²) in [4.78, 5) is 19.8. The maximum Gasteiger partial charge on any atom is 0.244 e. The normalized spacial score (nSPS) is 10.7. The van der Waals surface area contributed by atoms with Crippen LogP contribution in [-0.2, 0) is 11.3 Å². The molecule has 1 N–H and O–H groups in total. The van der Waals surface area contributed by atoms with Crippen LogP contribution in [-0.4, -0.2) is 15.9 Å². The molecule has 2 aromatic rings. The van der Waals surface area contributed by atoms with E-state index in [9.17, 15) is 4.79 Å². The SMILES string of the molecule is Cc1nc(C=CC(=O)NCc2cccnc2)cs1. The molecule has 0 aliphatic carbocycles. The average molecular weight is 259 g/mol. The van der Waals surface area contributed by atoms with Crippen molar-refractivity contribution in [2.75, 3.05) is 0 Å². The van der Waals surface area contributed by atoms with E-state index < -0.39 is 0 Å². The summed E-state index contributed by atoms with van der Waals surface area (Å²) in [6, 6.07) is 3.76. The Kier molecular flexibility index (Phi) is 4.20. The third-order valence-corrected chi connectivity index (χ3v) is 3.02. The van der Waals surface area contributed by atoms with Gasteiger partial charge < -0.3 is 5.32 Å². The van der Waals surface area contributed by atoms with Crippen LogP contribution in [0.15, 0.2) is 36.0 Å². The van der Waals surface area contributed by atoms with Gasteiger partial charge in [-0.1, -0.05) is 6.07 Å². The summed E-state index contributed by atoms with van der Waals surface area (Å²) in [7, 11) is 0. The van der Waals surface area contributed by atoms with Crippen molar-refractivity contribution in [3.8, 4) is 0 Å². The largest absolute Gasteiger partial charge is 0.348 e. The Bertz CT molecular complexity index is 548. The lowest BCUT2D eigenvalue weighted by molar-refractivity contribution is -0.116. The highest BCUT2D eigenvalue weighted by Crippen LogP contribution is 2.08. The van der Waals surface area contributed by atoms with Gasteiger partial charge in [-0.2, -0.15) is 0 Å². The number of pyridine rings is 1. The Hall–Kier alpha value is -2.01. The van der Waals surface area contributed by atoms with Gasteiger partial charge in [-0.25, -0.2) is 4.98 Å². The molecule has 0 saturated heterocycles. The highest BCUT2D eigenvalue weighted by Gasteiger charge is 1.98. The van der Waals surface area contributed by atoms with Gasteiger partial charge in [0.1, 0.15) is 0 Å². The van der Waals surface area contributed by atoms with E-state index in [4.69, 9.17) is 0 Å². The van der Waals surface area contributed by atoms with E-state index in [2.05, 4.69) is 15.3 Å². The van der Waals surface area contributed by atoms with Crippen LogP contribution in [0.5, 0.6) is 0 Å². The molecule has 0 radical (unpaired) electrons. The lowest BCUT2D eigenvalue weighted by atomic mass is 10.3. The van der Waals surface area contributed by atoms with Crippen LogP contribution in [0, 0.1) is 6.92 Å². The number of amides is 1. The fourth-order valence-corrected chi connectivity index (χ4v) is 1.95. The average Bonchev–Trinajstić information content (AvgIpc) is 2.81. The second kappa shape index (κ2) is 6.07. The van der Waals surface area contributed by atoms with E-state index in [0.717, 1.165) is 16.3 Å². The number of hydrogen-bond donors (Lipinski definition) is 1. The summed E-state index contributed by atoms with van der Waals surface area (Å²) in [5.41, 5.74) is 1.79. The van der Waals surface area contributed by atoms with Gasteiger partial charge in [-0.05, 0) is 24.6 Å². The second-order valence-corrected chi connectivity index (χ2v) is 4.77. The third kappa shape index (κ3) is 3.78. The quantitative estimate of drug-likeness (QED) is 0.856. The van der Waals surface area contributed by atoms with Gasteiger partial charge in [0.15, 0.2) is 0 Å². The summed E-state index contributed by atoms with van der Waals surface area (Å²) >= 11 is 1.56. The highest BCUT2D eigenvalue weighted by molar-refractivity contribution is 7.09. The molecule has 0 bridgehead atoms. The van der Waals surface area contributed by atoms with Gasteiger partial charge >= 0.3 is 0 Å². The van der Waals surface area contributed by atoms with E-state index in [0.29, 0.717) is 6.54 Å². The van der Waals surface area contributed by atoms with E-state index in [1.807, 2.05) is 24.4 Å². The van der Waals surface area contributed by atoms with Crippen molar-refractivity contribution < 1.29 is 4.79 Å². The van der Waals surface area contributed by atoms with E-state index in [1.165, 1.54) is 6.08 Å². The molecule has 0 fully saturated rings. The van der Waals surface area contributed by atoms with Crippen LogP contribution in [0.25, 0.3) is 6.08 Å². The molecule has 0 atom stereocenters. The molecular weight excluding hydrogens is 246 g/mol. The van der Waals surface area contributed by atoms with Crippen molar-refractivity contribution in [3.05, 3.63) is 52.2 Å². The first-order valence-electron chi connectivity index (χ1n) is 5.51. The minimum Gasteiger partial charge on any atom is -0.348 e. The summed E-state index contributed by atoms with van der Waals surface area (Å²) in [5, 5.41) is 5.69. The van der Waals surface area contributed by atoms with Crippen molar-refractivity contribution in [1.82, 2.24) is 15.3 Å². The molecule has 2 rings (SSSR count). The zero-order chi connectivity index (χ0) is 12.8. The monoisotopic (exact) mass is 259 g/mol. The summed E-state index contributed by atoms with van der Waals surface area (Å²) in [6.45, 7) is 2.41. The zero-order valence-electron chi connectivity index (χ0n) is 9.96. The van der Waals surface area contributed by atoms with Crippen molar-refractivity contribution in [1.29, 1.82) is 0 Å². The van der Waals surface area contributed by atoms with Crippen molar-refractivity contribution in [3.63, 3.8) is 0 Å². The number of carbonyl (C=O) groups is 1. The molecule has 0 aliphatic rings. The van der Waals surface area contributed by atoms with Gasteiger partial charge in [0.05, 0.1) is 10.7 Å². The molecule has 0 spiro atoms. The second-order valence-electron chi connectivity index (χ2n) is 3.70. The molecule has 0 aliphatic heterocycles. The number of hydrogen-bond acceptors (Lipinski definition) is 4. The van der Waals surface area contributed by atoms with Gasteiger partial charge in [0, 0.05) is 30.4 Å². The molecule has 2 heterocycles. The first kappa shape index (κ1) is 12.4. The third-order valence-electron chi connectivity index (χ3n) is 2.23. The summed E-state index contributed by atoms with van der Waals surface area (Å²) < 4.78 is 0. The number of aryl methyl sites for hydroxylation is 1. The van der Waals surface area contributed by atoms with Crippen LogP contribution in [0.1, 0.15) is 16.3 Å². The molecule has 0 saturated carbocycles. The molecule has 2 aromatic heterocycles. The number of carbonyl (C=O) groups excluding carboxylic acids is 1. The highest BCUT2D eigenvalue weighted by atomic mass is 32.1. The van der Waals surface area contributed by atoms with Crippen LogP contribution in [0.4, 0.5) is 0 Å². The Labute approximate surface area is 109 Å². The van der Waals surface area contributed by atoms with Crippen LogP contribution in [0.2, 0.25) is 0 Å². The lowest BCUT2D eigenvalue weighted by Gasteiger charge is -2.00. The molecule has 4 nitrogen and oxygen atoms in total. The molecule has 92 valence electrons. The standard InChI is InChI=1S/C13H13N3OS/c1-10-16-12(9-18-10)4-5-13(17)15-8-11-3-2-6-14-7-11/h2-7,9H,8H2,1H3,(H,15,17). The maximum atomic E-state index is 11.6. The Morgan fingerprint density at radius 1 is 1.56 bits per heavy atom. The predicted molar refractivity (Wildman–Crippen MR) is 72.0 cm³/mol. The van der Waals surface area contributed by atoms with Crippen molar-refractivity contribution in [2.24, 2.45) is 0 Å². The number of aromatic nitrogens is 2. The molecule has 0 aromatic carbocycles. The van der Waals surface area contributed by atoms with Crippen LogP contribution in [0.3, 0.4) is 0 Å². The first-order valence-corrected chi connectivity index (χ1v) is 6.39. The molecule has 5 heteroatoms. The van der Waals surface area contributed by atoms with Crippen LogP contribution >= 0.6 is 11.3 Å². The van der Waals surface area contributed by atoms with E-state index in [-0.39, 0.29) is 5.91 Å². The molecular formula is C13H13N3OS. The number of thiazole rings is 1. The van der Waals surface area contributed by atoms with Crippen LogP contribution < -0.4 is 5.32 Å².